The highest BCUT2D eigenvalue weighted by Crippen LogP contribution is 2.36. The molecular weight excluding hydrogens is 338 g/mol. The van der Waals surface area contributed by atoms with Gasteiger partial charge in [-0.1, -0.05) is 39.5 Å². The summed E-state index contributed by atoms with van der Waals surface area (Å²) in [5, 5.41) is 19.5. The van der Waals surface area contributed by atoms with E-state index in [-0.39, 0.29) is 23.2 Å². The quantitative estimate of drug-likeness (QED) is 0.336. The van der Waals surface area contributed by atoms with Crippen LogP contribution in [0, 0.1) is 12.8 Å². The average molecular weight is 371 g/mol. The summed E-state index contributed by atoms with van der Waals surface area (Å²) in [4.78, 5) is 12.8. The molecule has 0 aromatic heterocycles. The number of rotatable bonds is 3. The molecule has 0 spiro atoms. The van der Waals surface area contributed by atoms with E-state index in [1.54, 1.807) is 12.7 Å². The first-order chi connectivity index (χ1) is 11.6. The number of phenolic OH excluding ortho intramolecular Hbond substituents is 2. The molecule has 0 amide bonds. The van der Waals surface area contributed by atoms with E-state index in [1.807, 2.05) is 29.8 Å². The highest BCUT2D eigenvalue weighted by Gasteiger charge is 2.26. The first-order valence-corrected chi connectivity index (χ1v) is 10.9. The van der Waals surface area contributed by atoms with Crippen LogP contribution in [0.5, 0.6) is 11.5 Å². The molecule has 0 bridgehead atoms. The molecular formula is C19H33O3P2+. The van der Waals surface area contributed by atoms with Crippen molar-refractivity contribution in [1.82, 2.24) is 0 Å². The molecule has 1 aromatic rings. The maximum Gasteiger partial charge on any atom is 0.166 e. The van der Waals surface area contributed by atoms with E-state index >= 15 is 0 Å². The first kappa shape index (κ1) is 23.1. The van der Waals surface area contributed by atoms with Crippen LogP contribution in [-0.4, -0.2) is 28.5 Å². The van der Waals surface area contributed by atoms with Gasteiger partial charge in [0.25, 0.3) is 0 Å². The van der Waals surface area contributed by atoms with Crippen molar-refractivity contribution in [3.8, 4) is 11.5 Å². The molecule has 1 aliphatic rings. The molecule has 1 aliphatic carbocycles. The fourth-order valence-corrected chi connectivity index (χ4v) is 3.23. The molecule has 0 heterocycles. The Kier molecular flexibility index (Phi) is 12.0. The van der Waals surface area contributed by atoms with Gasteiger partial charge in [-0.2, -0.15) is 0 Å². The SMILES string of the molecule is CC.C[PH3+].Cc1c(O)c(O)cc(C=P)c1C(=O)C1CCCCCC1. The minimum atomic E-state index is -0.195. The van der Waals surface area contributed by atoms with E-state index < -0.39 is 0 Å². The summed E-state index contributed by atoms with van der Waals surface area (Å²) in [5.41, 5.74) is 1.62. The Bertz CT molecular complexity index is 534. The summed E-state index contributed by atoms with van der Waals surface area (Å²) in [6.07, 6.45) is 6.41. The van der Waals surface area contributed by atoms with Crippen molar-refractivity contribution in [2.45, 2.75) is 59.3 Å². The highest BCUT2D eigenvalue weighted by molar-refractivity contribution is 7.19. The summed E-state index contributed by atoms with van der Waals surface area (Å²) < 4.78 is 0. The fraction of sp³-hybridized carbons (Fsp3) is 0.579. The van der Waals surface area contributed by atoms with E-state index in [9.17, 15) is 15.0 Å². The van der Waals surface area contributed by atoms with Crippen LogP contribution in [0.3, 0.4) is 0 Å². The predicted molar refractivity (Wildman–Crippen MR) is 112 cm³/mol. The monoisotopic (exact) mass is 371 g/mol. The van der Waals surface area contributed by atoms with Crippen LogP contribution in [0.25, 0.3) is 0 Å². The second-order valence-corrected chi connectivity index (χ2v) is 5.82. The Morgan fingerprint density at radius 3 is 2.12 bits per heavy atom. The van der Waals surface area contributed by atoms with Crippen LogP contribution in [0.1, 0.15) is 73.9 Å². The number of benzene rings is 1. The average Bonchev–Trinajstić information content (AvgIpc) is 2.91. The largest absolute Gasteiger partial charge is 0.504 e. The summed E-state index contributed by atoms with van der Waals surface area (Å²) >= 11 is 0. The van der Waals surface area contributed by atoms with Gasteiger partial charge in [0.05, 0.1) is 0 Å². The molecule has 5 heteroatoms. The molecule has 24 heavy (non-hydrogen) atoms. The van der Waals surface area contributed by atoms with Gasteiger partial charge < -0.3 is 10.2 Å². The molecule has 0 radical (unpaired) electrons. The lowest BCUT2D eigenvalue weighted by atomic mass is 9.86. The Hall–Kier alpha value is -0.910. The Balaban J connectivity index is 0.00000123. The smallest absolute Gasteiger partial charge is 0.166 e. The maximum atomic E-state index is 12.8. The van der Waals surface area contributed by atoms with Gasteiger partial charge in [-0.25, -0.2) is 0 Å². The number of aromatic hydroxyl groups is 2. The summed E-state index contributed by atoms with van der Waals surface area (Å²) in [7, 11) is 5.15. The highest BCUT2D eigenvalue weighted by atomic mass is 31.0. The fourth-order valence-electron chi connectivity index (χ4n) is 3.00. The molecule has 2 rings (SSSR count). The second kappa shape index (κ2) is 12.5. The minimum Gasteiger partial charge on any atom is -0.504 e. The van der Waals surface area contributed by atoms with E-state index in [1.165, 1.54) is 18.9 Å². The van der Waals surface area contributed by atoms with Crippen molar-refractivity contribution in [2.24, 2.45) is 5.92 Å². The molecule has 0 saturated heterocycles. The van der Waals surface area contributed by atoms with Gasteiger partial charge in [0.1, 0.15) is 0 Å². The molecule has 1 aromatic carbocycles. The zero-order valence-corrected chi connectivity index (χ0v) is 17.9. The predicted octanol–water partition coefficient (Wildman–Crippen LogP) is 5.10. The van der Waals surface area contributed by atoms with E-state index in [2.05, 4.69) is 8.86 Å². The molecule has 1 fully saturated rings. The van der Waals surface area contributed by atoms with E-state index in [4.69, 9.17) is 0 Å². The van der Waals surface area contributed by atoms with Gasteiger partial charge >= 0.3 is 0 Å². The molecule has 3 nitrogen and oxygen atoms in total. The van der Waals surface area contributed by atoms with Crippen LogP contribution in [0.4, 0.5) is 0 Å². The minimum absolute atomic E-state index is 0.0329. The van der Waals surface area contributed by atoms with Crippen molar-refractivity contribution < 1.29 is 15.0 Å². The van der Waals surface area contributed by atoms with Gasteiger partial charge in [0.2, 0.25) is 0 Å². The first-order valence-electron chi connectivity index (χ1n) is 8.87. The van der Waals surface area contributed by atoms with Gasteiger partial charge in [-0.3, -0.25) is 4.79 Å². The zero-order valence-electron chi connectivity index (χ0n) is 15.5. The molecule has 0 aliphatic heterocycles. The lowest BCUT2D eigenvalue weighted by Crippen LogP contribution is -2.17. The summed E-state index contributed by atoms with van der Waals surface area (Å²) in [5.74, 6) is 1.36. The van der Waals surface area contributed by atoms with Gasteiger partial charge in [-0.15, -0.1) is 8.86 Å². The lowest BCUT2D eigenvalue weighted by molar-refractivity contribution is 0.0906. The number of hydrogen-bond donors (Lipinski definition) is 2. The maximum absolute atomic E-state index is 12.8. The van der Waals surface area contributed by atoms with Crippen molar-refractivity contribution in [3.63, 3.8) is 0 Å². The van der Waals surface area contributed by atoms with Crippen molar-refractivity contribution >= 4 is 29.7 Å². The van der Waals surface area contributed by atoms with Gasteiger partial charge in [0.15, 0.2) is 17.3 Å². The number of Topliss-reactive ketones (excluding diaryl/α,β-unsaturated/α-hetero) is 1. The van der Waals surface area contributed by atoms with E-state index in [0.717, 1.165) is 25.7 Å². The number of phenols is 2. The molecule has 136 valence electrons. The van der Waals surface area contributed by atoms with Crippen LogP contribution in [-0.2, 0) is 0 Å². The zero-order chi connectivity index (χ0) is 18.7. The molecule has 1 saturated carbocycles. The Morgan fingerprint density at radius 1 is 1.17 bits per heavy atom. The third kappa shape index (κ3) is 5.87. The number of hydrogen-bond acceptors (Lipinski definition) is 3. The second-order valence-electron chi connectivity index (χ2n) is 5.53. The van der Waals surface area contributed by atoms with Crippen molar-refractivity contribution in [3.05, 3.63) is 22.8 Å². The Labute approximate surface area is 151 Å². The van der Waals surface area contributed by atoms with Crippen LogP contribution in [0.2, 0.25) is 0 Å². The van der Waals surface area contributed by atoms with Gasteiger partial charge in [0, 0.05) is 23.7 Å². The van der Waals surface area contributed by atoms with E-state index in [0.29, 0.717) is 16.7 Å². The lowest BCUT2D eigenvalue weighted by Gasteiger charge is -2.17. The van der Waals surface area contributed by atoms with Crippen LogP contribution in [0.15, 0.2) is 6.07 Å². The molecule has 1 atom stereocenters. The molecule has 1 unspecified atom stereocenters. The number of ketones is 1. The number of carbonyl (C=O) groups excluding carboxylic acids is 1. The normalized spacial score (nSPS) is 14.5. The van der Waals surface area contributed by atoms with Crippen LogP contribution >= 0.6 is 18.1 Å². The number of carbonyl (C=O) groups is 1. The molecule has 2 N–H and O–H groups in total. The van der Waals surface area contributed by atoms with Gasteiger partial charge in [-0.05, 0) is 46.4 Å². The third-order valence-corrected chi connectivity index (χ3v) is 4.49. The van der Waals surface area contributed by atoms with Crippen molar-refractivity contribution in [1.29, 1.82) is 0 Å². The third-order valence-electron chi connectivity index (χ3n) is 4.18. The standard InChI is InChI=1S/C16H21O3P.C2H6.CH5P/c1-10-14(12(9-20)8-13(17)15(10)18)16(19)11-6-4-2-3-5-7-11;2*1-2/h8-9,11,17-18,20H,2-7H2,1H3;1-2H3;2H2,1H3/p+1. The van der Waals surface area contributed by atoms with Crippen LogP contribution < -0.4 is 0 Å². The van der Waals surface area contributed by atoms with Crippen molar-refractivity contribution in [2.75, 3.05) is 6.66 Å². The Morgan fingerprint density at radius 2 is 1.67 bits per heavy atom. The topological polar surface area (TPSA) is 57.5 Å². The summed E-state index contributed by atoms with van der Waals surface area (Å²) in [6, 6.07) is 1.43. The summed E-state index contributed by atoms with van der Waals surface area (Å²) in [6.45, 7) is 7.71.